The van der Waals surface area contributed by atoms with Crippen molar-refractivity contribution in [1.29, 1.82) is 0 Å². The predicted molar refractivity (Wildman–Crippen MR) is 63.6 cm³/mol. The molecule has 1 atom stereocenters. The van der Waals surface area contributed by atoms with E-state index in [0.29, 0.717) is 5.75 Å². The molecule has 0 radical (unpaired) electrons. The Labute approximate surface area is 103 Å². The summed E-state index contributed by atoms with van der Waals surface area (Å²) in [5.41, 5.74) is 4.45. The molecule has 2 heterocycles. The lowest BCUT2D eigenvalue weighted by atomic mass is 10.1. The summed E-state index contributed by atoms with van der Waals surface area (Å²) in [5.74, 6) is 6.30. The summed E-state index contributed by atoms with van der Waals surface area (Å²) in [5, 5.41) is 8.14. The van der Waals surface area contributed by atoms with Gasteiger partial charge in [-0.25, -0.2) is 5.43 Å². The SMILES string of the molecule is COc1cnn(C)c1C(NN)c1snnc1C. The first kappa shape index (κ1) is 12.0. The van der Waals surface area contributed by atoms with Crippen molar-refractivity contribution in [2.45, 2.75) is 13.0 Å². The molecule has 2 aromatic rings. The van der Waals surface area contributed by atoms with E-state index in [0.717, 1.165) is 16.3 Å². The number of aromatic nitrogens is 4. The van der Waals surface area contributed by atoms with Crippen LogP contribution in [0.3, 0.4) is 0 Å². The van der Waals surface area contributed by atoms with Crippen LogP contribution in [0.1, 0.15) is 22.3 Å². The molecule has 0 saturated carbocycles. The van der Waals surface area contributed by atoms with Crippen LogP contribution in [0.4, 0.5) is 0 Å². The molecule has 92 valence electrons. The van der Waals surface area contributed by atoms with Crippen molar-refractivity contribution in [3.63, 3.8) is 0 Å². The summed E-state index contributed by atoms with van der Waals surface area (Å²) >= 11 is 1.31. The van der Waals surface area contributed by atoms with Crippen molar-refractivity contribution >= 4 is 11.5 Å². The number of rotatable bonds is 4. The van der Waals surface area contributed by atoms with Gasteiger partial charge in [0, 0.05) is 7.05 Å². The summed E-state index contributed by atoms with van der Waals surface area (Å²) in [4.78, 5) is 0.953. The maximum absolute atomic E-state index is 5.62. The van der Waals surface area contributed by atoms with E-state index in [1.807, 2.05) is 14.0 Å². The van der Waals surface area contributed by atoms with Crippen LogP contribution in [-0.4, -0.2) is 26.5 Å². The van der Waals surface area contributed by atoms with Crippen LogP contribution in [-0.2, 0) is 7.05 Å². The molecule has 0 aliphatic heterocycles. The third-order valence-electron chi connectivity index (χ3n) is 2.56. The Morgan fingerprint density at radius 1 is 1.59 bits per heavy atom. The molecule has 0 aliphatic carbocycles. The highest BCUT2D eigenvalue weighted by atomic mass is 32.1. The lowest BCUT2D eigenvalue weighted by molar-refractivity contribution is 0.401. The Kier molecular flexibility index (Phi) is 3.36. The number of nitrogens with one attached hydrogen (secondary N) is 1. The number of hydrogen-bond acceptors (Lipinski definition) is 7. The predicted octanol–water partition coefficient (Wildman–Crippen LogP) is 0.141. The van der Waals surface area contributed by atoms with Crippen LogP contribution in [0.5, 0.6) is 5.75 Å². The number of nitrogens with zero attached hydrogens (tertiary/aromatic N) is 4. The quantitative estimate of drug-likeness (QED) is 0.596. The van der Waals surface area contributed by atoms with Crippen LogP contribution >= 0.6 is 11.5 Å². The van der Waals surface area contributed by atoms with Gasteiger partial charge in [0.25, 0.3) is 0 Å². The van der Waals surface area contributed by atoms with Crippen LogP contribution in [0, 0.1) is 6.92 Å². The van der Waals surface area contributed by atoms with E-state index in [2.05, 4.69) is 20.1 Å². The van der Waals surface area contributed by atoms with E-state index in [1.54, 1.807) is 18.0 Å². The second kappa shape index (κ2) is 4.78. The van der Waals surface area contributed by atoms with Gasteiger partial charge in [0.05, 0.1) is 23.9 Å². The number of ether oxygens (including phenoxy) is 1. The van der Waals surface area contributed by atoms with Gasteiger partial charge in [-0.05, 0) is 18.5 Å². The maximum Gasteiger partial charge on any atom is 0.162 e. The molecule has 0 aromatic carbocycles. The van der Waals surface area contributed by atoms with Crippen LogP contribution in [0.2, 0.25) is 0 Å². The summed E-state index contributed by atoms with van der Waals surface area (Å²) in [6.45, 7) is 1.89. The Morgan fingerprint density at radius 2 is 2.35 bits per heavy atom. The fraction of sp³-hybridized carbons (Fsp3) is 0.444. The molecule has 2 aromatic heterocycles. The fourth-order valence-electron chi connectivity index (χ4n) is 1.69. The molecule has 8 heteroatoms. The molecule has 2 rings (SSSR count). The minimum absolute atomic E-state index is 0.225. The number of hydrogen-bond donors (Lipinski definition) is 2. The smallest absolute Gasteiger partial charge is 0.162 e. The normalized spacial score (nSPS) is 12.7. The Morgan fingerprint density at radius 3 is 2.88 bits per heavy atom. The van der Waals surface area contributed by atoms with E-state index in [1.165, 1.54) is 11.5 Å². The zero-order chi connectivity index (χ0) is 12.4. The molecule has 7 nitrogen and oxygen atoms in total. The highest BCUT2D eigenvalue weighted by Crippen LogP contribution is 2.31. The van der Waals surface area contributed by atoms with Gasteiger partial charge in [0.15, 0.2) is 5.75 Å². The first-order valence-corrected chi connectivity index (χ1v) is 5.77. The van der Waals surface area contributed by atoms with Gasteiger partial charge < -0.3 is 4.74 Å². The molecule has 0 bridgehead atoms. The molecule has 0 aliphatic rings. The molecule has 0 spiro atoms. The largest absolute Gasteiger partial charge is 0.493 e. The summed E-state index contributed by atoms with van der Waals surface area (Å²) in [6, 6.07) is -0.225. The first-order valence-electron chi connectivity index (χ1n) is 5.00. The Hall–Kier alpha value is -1.51. The van der Waals surface area contributed by atoms with Gasteiger partial charge in [-0.3, -0.25) is 10.5 Å². The molecule has 3 N–H and O–H groups in total. The van der Waals surface area contributed by atoms with E-state index >= 15 is 0 Å². The molecule has 1 unspecified atom stereocenters. The van der Waals surface area contributed by atoms with E-state index in [-0.39, 0.29) is 6.04 Å². The topological polar surface area (TPSA) is 90.9 Å². The molecule has 0 saturated heterocycles. The van der Waals surface area contributed by atoms with Gasteiger partial charge in [-0.2, -0.15) is 5.10 Å². The van der Waals surface area contributed by atoms with Crippen LogP contribution in [0.15, 0.2) is 6.20 Å². The van der Waals surface area contributed by atoms with E-state index < -0.39 is 0 Å². The molecular weight excluding hydrogens is 240 g/mol. The van der Waals surface area contributed by atoms with Crippen LogP contribution in [0.25, 0.3) is 0 Å². The lowest BCUT2D eigenvalue weighted by Crippen LogP contribution is -2.30. The van der Waals surface area contributed by atoms with Crippen molar-refractivity contribution in [1.82, 2.24) is 24.8 Å². The van der Waals surface area contributed by atoms with Crippen molar-refractivity contribution in [3.05, 3.63) is 22.5 Å². The zero-order valence-corrected chi connectivity index (χ0v) is 10.7. The van der Waals surface area contributed by atoms with Crippen LogP contribution < -0.4 is 16.0 Å². The summed E-state index contributed by atoms with van der Waals surface area (Å²) in [6.07, 6.45) is 1.66. The van der Waals surface area contributed by atoms with Crippen molar-refractivity contribution in [3.8, 4) is 5.75 Å². The van der Waals surface area contributed by atoms with Gasteiger partial charge in [0.2, 0.25) is 0 Å². The number of methoxy groups -OCH3 is 1. The summed E-state index contributed by atoms with van der Waals surface area (Å²) in [7, 11) is 3.44. The average molecular weight is 254 g/mol. The number of nitrogens with two attached hydrogens (primary N) is 1. The minimum atomic E-state index is -0.225. The Balaban J connectivity index is 2.49. The highest BCUT2D eigenvalue weighted by Gasteiger charge is 2.25. The third kappa shape index (κ3) is 2.02. The molecule has 0 fully saturated rings. The second-order valence-corrected chi connectivity index (χ2v) is 4.33. The van der Waals surface area contributed by atoms with Gasteiger partial charge >= 0.3 is 0 Å². The lowest BCUT2D eigenvalue weighted by Gasteiger charge is -2.16. The maximum atomic E-state index is 5.62. The van der Waals surface area contributed by atoms with E-state index in [9.17, 15) is 0 Å². The average Bonchev–Trinajstić information content (AvgIpc) is 2.89. The summed E-state index contributed by atoms with van der Waals surface area (Å²) < 4.78 is 10.9. The van der Waals surface area contributed by atoms with Crippen molar-refractivity contribution in [2.75, 3.05) is 7.11 Å². The zero-order valence-electron chi connectivity index (χ0n) is 9.84. The third-order valence-corrected chi connectivity index (χ3v) is 3.45. The standard InChI is InChI=1S/C9H14N6OS/c1-5-9(17-14-13-5)7(12-10)8-6(16-3)4-11-15(8)2/h4,7,12H,10H2,1-3H3. The van der Waals surface area contributed by atoms with Crippen molar-refractivity contribution in [2.24, 2.45) is 12.9 Å². The Bertz CT molecular complexity index is 507. The van der Waals surface area contributed by atoms with Gasteiger partial charge in [-0.15, -0.1) is 5.10 Å². The molecule has 0 amide bonds. The van der Waals surface area contributed by atoms with E-state index in [4.69, 9.17) is 10.6 Å². The molecular formula is C9H14N6OS. The number of hydrazine groups is 1. The fourth-order valence-corrected chi connectivity index (χ4v) is 2.40. The van der Waals surface area contributed by atoms with Gasteiger partial charge in [0.1, 0.15) is 11.7 Å². The highest BCUT2D eigenvalue weighted by molar-refractivity contribution is 7.05. The minimum Gasteiger partial charge on any atom is -0.493 e. The van der Waals surface area contributed by atoms with Crippen molar-refractivity contribution < 1.29 is 4.74 Å². The monoisotopic (exact) mass is 254 g/mol. The second-order valence-electron chi connectivity index (χ2n) is 3.54. The first-order chi connectivity index (χ1) is 8.19. The number of aryl methyl sites for hydroxylation is 2. The van der Waals surface area contributed by atoms with Gasteiger partial charge in [-0.1, -0.05) is 4.49 Å². The molecule has 17 heavy (non-hydrogen) atoms.